The highest BCUT2D eigenvalue weighted by atomic mass is 35.5. The number of anilines is 1. The van der Waals surface area contributed by atoms with Gasteiger partial charge in [0.1, 0.15) is 11.3 Å². The zero-order valence-corrected chi connectivity index (χ0v) is 18.7. The van der Waals surface area contributed by atoms with Gasteiger partial charge in [-0.25, -0.2) is 9.50 Å². The summed E-state index contributed by atoms with van der Waals surface area (Å²) < 4.78 is 42.5. The molecule has 5 aromatic rings. The van der Waals surface area contributed by atoms with Crippen LogP contribution >= 0.6 is 11.6 Å². The first-order chi connectivity index (χ1) is 17.1. The Morgan fingerprint density at radius 2 is 1.81 bits per heavy atom. The summed E-state index contributed by atoms with van der Waals surface area (Å²) in [6.07, 6.45) is -3.88. The first-order valence-corrected chi connectivity index (χ1v) is 10.7. The van der Waals surface area contributed by atoms with E-state index in [4.69, 9.17) is 11.6 Å². The second kappa shape index (κ2) is 8.61. The Balaban J connectivity index is 1.68. The monoisotopic (exact) mass is 511 g/mol. The summed E-state index contributed by atoms with van der Waals surface area (Å²) in [4.78, 5) is 28.0. The second-order valence-corrected chi connectivity index (χ2v) is 8.15. The molecule has 2 aromatic heterocycles. The highest BCUT2D eigenvalue weighted by Crippen LogP contribution is 2.35. The normalized spacial score (nSPS) is 11.7. The minimum absolute atomic E-state index is 0.0151. The van der Waals surface area contributed by atoms with Gasteiger partial charge in [-0.05, 0) is 29.0 Å². The van der Waals surface area contributed by atoms with Crippen LogP contribution in [0.3, 0.4) is 0 Å². The number of hydrogen-bond donors (Lipinski definition) is 1. The van der Waals surface area contributed by atoms with Crippen LogP contribution in [0.1, 0.15) is 16.1 Å². The Morgan fingerprint density at radius 3 is 2.56 bits per heavy atom. The number of rotatable bonds is 4. The van der Waals surface area contributed by atoms with Gasteiger partial charge in [-0.1, -0.05) is 54.1 Å². The van der Waals surface area contributed by atoms with Gasteiger partial charge in [-0.3, -0.25) is 14.9 Å². The van der Waals surface area contributed by atoms with E-state index in [0.717, 1.165) is 23.7 Å². The molecule has 180 valence electrons. The molecule has 36 heavy (non-hydrogen) atoms. The molecule has 0 aliphatic carbocycles. The Labute approximate surface area is 205 Å². The van der Waals surface area contributed by atoms with Crippen molar-refractivity contribution in [1.29, 1.82) is 0 Å². The highest BCUT2D eigenvalue weighted by Gasteiger charge is 2.36. The average molecular weight is 512 g/mol. The molecule has 0 aliphatic rings. The average Bonchev–Trinajstić information content (AvgIpc) is 3.27. The molecule has 0 unspecified atom stereocenters. The van der Waals surface area contributed by atoms with Crippen LogP contribution in [0.15, 0.2) is 72.9 Å². The Morgan fingerprint density at radius 1 is 1.06 bits per heavy atom. The van der Waals surface area contributed by atoms with Crippen LogP contribution in [0.4, 0.5) is 24.5 Å². The number of carbonyl (C=O) groups excluding carboxylic acids is 1. The number of aromatic nitrogens is 3. The summed E-state index contributed by atoms with van der Waals surface area (Å²) in [5.74, 6) is -0.925. The molecule has 1 N–H and O–H groups in total. The first-order valence-electron chi connectivity index (χ1n) is 10.3. The van der Waals surface area contributed by atoms with Crippen molar-refractivity contribution < 1.29 is 22.9 Å². The Kier molecular flexibility index (Phi) is 5.56. The van der Waals surface area contributed by atoms with E-state index in [2.05, 4.69) is 15.4 Å². The molecule has 0 saturated carbocycles. The molecule has 0 radical (unpaired) electrons. The van der Waals surface area contributed by atoms with Crippen molar-refractivity contribution in [3.63, 3.8) is 0 Å². The molecule has 3 aromatic carbocycles. The van der Waals surface area contributed by atoms with Crippen LogP contribution in [-0.4, -0.2) is 25.4 Å². The molecule has 0 fully saturated rings. The smallest absolute Gasteiger partial charge is 0.316 e. The third-order valence-corrected chi connectivity index (χ3v) is 5.71. The van der Waals surface area contributed by atoms with E-state index in [1.165, 1.54) is 12.1 Å². The van der Waals surface area contributed by atoms with E-state index in [9.17, 15) is 28.1 Å². The number of amides is 1. The van der Waals surface area contributed by atoms with E-state index in [1.54, 1.807) is 30.3 Å². The predicted octanol–water partition coefficient (Wildman–Crippen LogP) is 6.38. The molecule has 0 aliphatic heterocycles. The molecule has 0 atom stereocenters. The summed E-state index contributed by atoms with van der Waals surface area (Å²) in [7, 11) is 0. The van der Waals surface area contributed by atoms with E-state index >= 15 is 0 Å². The van der Waals surface area contributed by atoms with Gasteiger partial charge < -0.3 is 5.32 Å². The van der Waals surface area contributed by atoms with Crippen LogP contribution in [0.2, 0.25) is 5.02 Å². The molecular weight excluding hydrogens is 499 g/mol. The van der Waals surface area contributed by atoms with Crippen molar-refractivity contribution in [2.75, 3.05) is 5.32 Å². The lowest BCUT2D eigenvalue weighted by atomic mass is 10.0. The number of nitro benzene ring substituents is 1. The number of hydrogen-bond acceptors (Lipinski definition) is 5. The lowest BCUT2D eigenvalue weighted by molar-refractivity contribution is -0.383. The van der Waals surface area contributed by atoms with Crippen LogP contribution in [-0.2, 0) is 6.18 Å². The standard InChI is InChI=1S/C24H13ClF3N5O3/c25-14-8-9-18(20(10-14)33(35)36)31-23(34)17-12-29-32-21(24(26,27)28)11-19(30-22(17)32)16-7-3-5-13-4-1-2-6-15(13)16/h1-12H,(H,31,34). The largest absolute Gasteiger partial charge is 0.433 e. The number of fused-ring (bicyclic) bond motifs is 2. The maximum absolute atomic E-state index is 14.0. The van der Waals surface area contributed by atoms with E-state index in [-0.39, 0.29) is 27.6 Å². The minimum atomic E-state index is -4.81. The first kappa shape index (κ1) is 23.2. The van der Waals surface area contributed by atoms with Crippen molar-refractivity contribution in [3.05, 3.63) is 99.3 Å². The summed E-state index contributed by atoms with van der Waals surface area (Å²) >= 11 is 5.81. The fourth-order valence-corrected chi connectivity index (χ4v) is 4.03. The van der Waals surface area contributed by atoms with Crippen LogP contribution in [0.5, 0.6) is 0 Å². The van der Waals surface area contributed by atoms with Gasteiger partial charge in [-0.2, -0.15) is 18.3 Å². The van der Waals surface area contributed by atoms with E-state index < -0.39 is 28.4 Å². The van der Waals surface area contributed by atoms with Crippen LogP contribution in [0.25, 0.3) is 27.7 Å². The van der Waals surface area contributed by atoms with Gasteiger partial charge in [0.05, 0.1) is 16.8 Å². The summed E-state index contributed by atoms with van der Waals surface area (Å²) in [6, 6.07) is 16.8. The fourth-order valence-electron chi connectivity index (χ4n) is 3.86. The number of carbonyl (C=O) groups is 1. The maximum atomic E-state index is 14.0. The predicted molar refractivity (Wildman–Crippen MR) is 127 cm³/mol. The number of nitrogens with one attached hydrogen (secondary N) is 1. The summed E-state index contributed by atoms with van der Waals surface area (Å²) in [5, 5.41) is 19.0. The van der Waals surface area contributed by atoms with Gasteiger partial charge >= 0.3 is 6.18 Å². The van der Waals surface area contributed by atoms with E-state index in [1.807, 2.05) is 12.1 Å². The van der Waals surface area contributed by atoms with Gasteiger partial charge in [0, 0.05) is 16.7 Å². The lowest BCUT2D eigenvalue weighted by Gasteiger charge is -2.13. The Hall–Kier alpha value is -4.51. The number of alkyl halides is 3. The van der Waals surface area contributed by atoms with Crippen molar-refractivity contribution >= 4 is 45.3 Å². The van der Waals surface area contributed by atoms with Crippen LogP contribution < -0.4 is 5.32 Å². The highest BCUT2D eigenvalue weighted by molar-refractivity contribution is 6.31. The number of benzene rings is 3. The van der Waals surface area contributed by atoms with Crippen molar-refractivity contribution in [1.82, 2.24) is 14.6 Å². The summed E-state index contributed by atoms with van der Waals surface area (Å²) in [5.41, 5.74) is -2.04. The molecule has 5 rings (SSSR count). The Bertz CT molecular complexity index is 1680. The third-order valence-electron chi connectivity index (χ3n) is 5.48. The topological polar surface area (TPSA) is 102 Å². The van der Waals surface area contributed by atoms with Gasteiger partial charge in [0.15, 0.2) is 11.3 Å². The minimum Gasteiger partial charge on any atom is -0.316 e. The van der Waals surface area contributed by atoms with Crippen molar-refractivity contribution in [2.24, 2.45) is 0 Å². The third kappa shape index (κ3) is 4.09. The van der Waals surface area contributed by atoms with Crippen molar-refractivity contribution in [3.8, 4) is 11.3 Å². The molecule has 2 heterocycles. The summed E-state index contributed by atoms with van der Waals surface area (Å²) in [6.45, 7) is 0. The fraction of sp³-hybridized carbons (Fsp3) is 0.0417. The SMILES string of the molecule is O=C(Nc1ccc(Cl)cc1[N+](=O)[O-])c1cnn2c(C(F)(F)F)cc(-c3cccc4ccccc34)nc12. The molecule has 0 spiro atoms. The molecule has 0 bridgehead atoms. The maximum Gasteiger partial charge on any atom is 0.433 e. The molecular formula is C24H13ClF3N5O3. The zero-order chi connectivity index (χ0) is 25.6. The molecule has 12 heteroatoms. The number of nitro groups is 1. The molecule has 1 amide bonds. The molecule has 8 nitrogen and oxygen atoms in total. The van der Waals surface area contributed by atoms with Gasteiger partial charge in [0.25, 0.3) is 11.6 Å². The zero-order valence-electron chi connectivity index (χ0n) is 18.0. The molecule has 0 saturated heterocycles. The van der Waals surface area contributed by atoms with Gasteiger partial charge in [-0.15, -0.1) is 0 Å². The second-order valence-electron chi connectivity index (χ2n) is 7.72. The quantitative estimate of drug-likeness (QED) is 0.223. The lowest BCUT2D eigenvalue weighted by Crippen LogP contribution is -2.16. The van der Waals surface area contributed by atoms with Crippen LogP contribution in [0, 0.1) is 10.1 Å². The van der Waals surface area contributed by atoms with Crippen molar-refractivity contribution in [2.45, 2.75) is 6.18 Å². The van der Waals surface area contributed by atoms with Gasteiger partial charge in [0.2, 0.25) is 0 Å². The number of nitrogens with zero attached hydrogens (tertiary/aromatic N) is 4. The van der Waals surface area contributed by atoms with E-state index in [0.29, 0.717) is 15.5 Å². The number of halogens is 4.